The van der Waals surface area contributed by atoms with E-state index in [2.05, 4.69) is 43.5 Å². The zero-order chi connectivity index (χ0) is 59.2. The van der Waals surface area contributed by atoms with Crippen molar-refractivity contribution in [1.82, 2.24) is 5.32 Å². The minimum absolute atomic E-state index is 0.0152. The molecule has 0 spiro atoms. The number of aliphatic hydroxyl groups is 2. The molecule has 1 amide bonds. The van der Waals surface area contributed by atoms with Crippen molar-refractivity contribution in [3.8, 4) is 0 Å². The van der Waals surface area contributed by atoms with Gasteiger partial charge >= 0.3 is 5.97 Å². The molecular formula is C76H147NO5. The maximum Gasteiger partial charge on any atom is 0.305 e. The molecule has 2 atom stereocenters. The number of hydrogen-bond donors (Lipinski definition) is 3. The Morgan fingerprint density at radius 1 is 0.341 bits per heavy atom. The molecule has 0 rings (SSSR count). The molecule has 0 saturated carbocycles. The Kier molecular flexibility index (Phi) is 70.4. The second kappa shape index (κ2) is 71.8. The second-order valence-electron chi connectivity index (χ2n) is 26.0. The van der Waals surface area contributed by atoms with Crippen molar-refractivity contribution in [3.63, 3.8) is 0 Å². The third-order valence-electron chi connectivity index (χ3n) is 17.8. The monoisotopic (exact) mass is 1150 g/mol. The van der Waals surface area contributed by atoms with Crippen LogP contribution in [-0.4, -0.2) is 47.4 Å². The van der Waals surface area contributed by atoms with E-state index in [0.29, 0.717) is 25.9 Å². The van der Waals surface area contributed by atoms with Crippen LogP contribution in [0.4, 0.5) is 0 Å². The van der Waals surface area contributed by atoms with E-state index >= 15 is 0 Å². The molecule has 0 heterocycles. The molecule has 0 fully saturated rings. The number of nitrogens with one attached hydrogen (secondary N) is 1. The lowest BCUT2D eigenvalue weighted by atomic mass is 10.0. The Labute approximate surface area is 513 Å². The standard InChI is InChI=1S/C76H147NO5/c1-3-5-7-9-11-13-15-17-19-20-21-22-32-35-38-41-44-48-52-56-60-64-68-74(79)73(72-78)77-75(80)69-65-61-57-53-49-45-42-39-36-33-30-28-26-24-23-25-27-29-31-34-37-40-43-47-51-55-59-63-67-71-82-76(81)70-66-62-58-54-50-46-18-16-14-12-10-8-6-4-2/h23,25,29,31,73-74,78-79H,3-22,24,26-28,30,32-72H2,1-2H3,(H,77,80)/b25-23-,31-29-. The number of allylic oxidation sites excluding steroid dienone is 4. The van der Waals surface area contributed by atoms with E-state index in [9.17, 15) is 19.8 Å². The summed E-state index contributed by atoms with van der Waals surface area (Å²) in [5.74, 6) is -0.0158. The van der Waals surface area contributed by atoms with Crippen LogP contribution in [0.15, 0.2) is 24.3 Å². The molecule has 0 saturated heterocycles. The molecule has 0 aromatic rings. The number of unbranched alkanes of at least 4 members (excludes halogenated alkanes) is 56. The summed E-state index contributed by atoms with van der Waals surface area (Å²) in [6.45, 7) is 5.00. The van der Waals surface area contributed by atoms with Crippen LogP contribution in [0.3, 0.4) is 0 Å². The molecule has 6 heteroatoms. The summed E-state index contributed by atoms with van der Waals surface area (Å²) in [7, 11) is 0. The van der Waals surface area contributed by atoms with Crippen molar-refractivity contribution >= 4 is 11.9 Å². The molecular weight excluding hydrogens is 1010 g/mol. The molecule has 0 aromatic carbocycles. The van der Waals surface area contributed by atoms with Crippen LogP contribution in [0, 0.1) is 0 Å². The fraction of sp³-hybridized carbons (Fsp3) is 0.921. The molecule has 6 nitrogen and oxygen atoms in total. The van der Waals surface area contributed by atoms with Crippen molar-refractivity contribution < 1.29 is 24.5 Å². The highest BCUT2D eigenvalue weighted by atomic mass is 16.5. The quantitative estimate of drug-likeness (QED) is 0.0320. The number of aliphatic hydroxyl groups excluding tert-OH is 2. The predicted octanol–water partition coefficient (Wildman–Crippen LogP) is 24.5. The predicted molar refractivity (Wildman–Crippen MR) is 361 cm³/mol. The summed E-state index contributed by atoms with van der Waals surface area (Å²) in [5, 5.41) is 23.4. The van der Waals surface area contributed by atoms with Gasteiger partial charge in [-0.3, -0.25) is 9.59 Å². The number of carbonyl (C=O) groups excluding carboxylic acids is 2. The molecule has 82 heavy (non-hydrogen) atoms. The van der Waals surface area contributed by atoms with Crippen LogP contribution in [0.1, 0.15) is 425 Å². The number of ether oxygens (including phenoxy) is 1. The summed E-state index contributed by atoms with van der Waals surface area (Å²) >= 11 is 0. The fourth-order valence-corrected chi connectivity index (χ4v) is 12.0. The third-order valence-corrected chi connectivity index (χ3v) is 17.8. The maximum atomic E-state index is 12.6. The number of carbonyl (C=O) groups is 2. The number of esters is 1. The molecule has 486 valence electrons. The molecule has 2 unspecified atom stereocenters. The SMILES string of the molecule is CCCCCCCCCCCCCCCCCCCCCCCCC(O)C(CO)NC(=O)CCCCCCCCCCCCCCC/C=C\C/C=C\CCCCCCCCCCCOC(=O)CCCCCCCCCCCCCCCC. The van der Waals surface area contributed by atoms with Gasteiger partial charge in [0.2, 0.25) is 5.91 Å². The van der Waals surface area contributed by atoms with Crippen molar-refractivity contribution in [2.45, 2.75) is 437 Å². The van der Waals surface area contributed by atoms with Crippen LogP contribution in [-0.2, 0) is 14.3 Å². The first kappa shape index (κ1) is 80.3. The molecule has 0 aliphatic rings. The van der Waals surface area contributed by atoms with Crippen molar-refractivity contribution in [1.29, 1.82) is 0 Å². The van der Waals surface area contributed by atoms with Gasteiger partial charge in [0.25, 0.3) is 0 Å². The van der Waals surface area contributed by atoms with Crippen molar-refractivity contribution in [3.05, 3.63) is 24.3 Å². The average molecular weight is 1160 g/mol. The van der Waals surface area contributed by atoms with Crippen LogP contribution in [0.2, 0.25) is 0 Å². The van der Waals surface area contributed by atoms with Gasteiger partial charge in [-0.05, 0) is 57.8 Å². The van der Waals surface area contributed by atoms with E-state index in [0.717, 1.165) is 44.9 Å². The van der Waals surface area contributed by atoms with Gasteiger partial charge in [0.05, 0.1) is 25.4 Å². The largest absolute Gasteiger partial charge is 0.466 e. The maximum absolute atomic E-state index is 12.6. The summed E-state index contributed by atoms with van der Waals surface area (Å²) in [6.07, 6.45) is 91.0. The molecule has 0 bridgehead atoms. The lowest BCUT2D eigenvalue weighted by Gasteiger charge is -2.22. The third kappa shape index (κ3) is 67.5. The van der Waals surface area contributed by atoms with E-state index < -0.39 is 12.1 Å². The molecule has 3 N–H and O–H groups in total. The van der Waals surface area contributed by atoms with Crippen LogP contribution in [0.25, 0.3) is 0 Å². The van der Waals surface area contributed by atoms with Gasteiger partial charge < -0.3 is 20.3 Å². The minimum atomic E-state index is -0.666. The lowest BCUT2D eigenvalue weighted by Crippen LogP contribution is -2.45. The average Bonchev–Trinajstić information content (AvgIpc) is 3.48. The summed E-state index contributed by atoms with van der Waals surface area (Å²) in [5.41, 5.74) is 0. The highest BCUT2D eigenvalue weighted by Gasteiger charge is 2.20. The number of rotatable bonds is 71. The Hall–Kier alpha value is -1.66. The van der Waals surface area contributed by atoms with Crippen LogP contribution < -0.4 is 5.32 Å². The first-order valence-electron chi connectivity index (χ1n) is 37.6. The molecule has 0 aromatic heterocycles. The molecule has 0 aliphatic heterocycles. The summed E-state index contributed by atoms with van der Waals surface area (Å²) < 4.78 is 5.49. The topological polar surface area (TPSA) is 95.9 Å². The number of hydrogen-bond acceptors (Lipinski definition) is 5. The molecule has 0 aliphatic carbocycles. The lowest BCUT2D eigenvalue weighted by molar-refractivity contribution is -0.143. The van der Waals surface area contributed by atoms with E-state index in [-0.39, 0.29) is 18.5 Å². The van der Waals surface area contributed by atoms with Crippen molar-refractivity contribution in [2.75, 3.05) is 13.2 Å². The molecule has 0 radical (unpaired) electrons. The van der Waals surface area contributed by atoms with E-state index in [1.807, 2.05) is 0 Å². The normalized spacial score (nSPS) is 12.6. The Morgan fingerprint density at radius 3 is 0.927 bits per heavy atom. The van der Waals surface area contributed by atoms with Crippen LogP contribution in [0.5, 0.6) is 0 Å². The van der Waals surface area contributed by atoms with Crippen LogP contribution >= 0.6 is 0 Å². The summed E-state index contributed by atoms with van der Waals surface area (Å²) in [4.78, 5) is 24.6. The minimum Gasteiger partial charge on any atom is -0.466 e. The Bertz CT molecular complexity index is 1280. The first-order chi connectivity index (χ1) is 40.5. The number of amides is 1. The van der Waals surface area contributed by atoms with Crippen molar-refractivity contribution in [2.24, 2.45) is 0 Å². The fourth-order valence-electron chi connectivity index (χ4n) is 12.0. The zero-order valence-corrected chi connectivity index (χ0v) is 55.8. The highest BCUT2D eigenvalue weighted by molar-refractivity contribution is 5.76. The Morgan fingerprint density at radius 2 is 0.610 bits per heavy atom. The Balaban J connectivity index is 3.40. The van der Waals surface area contributed by atoms with E-state index in [4.69, 9.17) is 4.74 Å². The smallest absolute Gasteiger partial charge is 0.305 e. The highest BCUT2D eigenvalue weighted by Crippen LogP contribution is 2.19. The van der Waals surface area contributed by atoms with E-state index in [1.54, 1.807) is 0 Å². The van der Waals surface area contributed by atoms with Gasteiger partial charge in [0.15, 0.2) is 0 Å². The van der Waals surface area contributed by atoms with Gasteiger partial charge in [-0.25, -0.2) is 0 Å². The van der Waals surface area contributed by atoms with Gasteiger partial charge in [-0.1, -0.05) is 378 Å². The summed E-state index contributed by atoms with van der Waals surface area (Å²) in [6, 6.07) is -0.543. The van der Waals surface area contributed by atoms with Gasteiger partial charge in [-0.15, -0.1) is 0 Å². The van der Waals surface area contributed by atoms with Gasteiger partial charge in [0, 0.05) is 12.8 Å². The first-order valence-corrected chi connectivity index (χ1v) is 37.6. The van der Waals surface area contributed by atoms with Gasteiger partial charge in [0.1, 0.15) is 0 Å². The van der Waals surface area contributed by atoms with E-state index in [1.165, 1.54) is 347 Å². The second-order valence-corrected chi connectivity index (χ2v) is 26.0. The zero-order valence-electron chi connectivity index (χ0n) is 55.8. The van der Waals surface area contributed by atoms with Gasteiger partial charge in [-0.2, -0.15) is 0 Å².